The van der Waals surface area contributed by atoms with Gasteiger partial charge in [-0.15, -0.1) is 0 Å². The van der Waals surface area contributed by atoms with Gasteiger partial charge in [-0.05, 0) is 23.1 Å². The van der Waals surface area contributed by atoms with E-state index in [-0.39, 0.29) is 18.3 Å². The van der Waals surface area contributed by atoms with E-state index >= 15 is 0 Å². The van der Waals surface area contributed by atoms with Gasteiger partial charge in [0.05, 0.1) is 25.1 Å². The van der Waals surface area contributed by atoms with Crippen LogP contribution in [-0.4, -0.2) is 35.6 Å². The van der Waals surface area contributed by atoms with Crippen LogP contribution in [0.15, 0.2) is 54.6 Å². The molecule has 0 saturated carbocycles. The predicted molar refractivity (Wildman–Crippen MR) is 143 cm³/mol. The summed E-state index contributed by atoms with van der Waals surface area (Å²) < 4.78 is 27.1. The van der Waals surface area contributed by atoms with Crippen LogP contribution in [0.1, 0.15) is 63.9 Å². The molecule has 8 heteroatoms. The first-order valence-electron chi connectivity index (χ1n) is 12.4. The number of phosphoric acid groups is 1. The molecule has 0 aliphatic carbocycles. The third-order valence-corrected chi connectivity index (χ3v) is 7.58. The summed E-state index contributed by atoms with van der Waals surface area (Å²) in [5.41, 5.74) is 3.29. The van der Waals surface area contributed by atoms with Crippen molar-refractivity contribution in [3.8, 4) is 11.1 Å². The SMILES string of the molecule is CCCCCCCCCC(=O)S[C@@H](COCc1ccc(-c2ccccc2)cc1)COP(=O)(O)OC. The maximum absolute atomic E-state index is 12.5. The van der Waals surface area contributed by atoms with E-state index in [1.807, 2.05) is 30.3 Å². The predicted octanol–water partition coefficient (Wildman–Crippen LogP) is 7.40. The lowest BCUT2D eigenvalue weighted by Gasteiger charge is -2.18. The Hall–Kier alpha value is -1.47. The number of ether oxygens (including phenoxy) is 1. The fourth-order valence-electron chi connectivity index (χ4n) is 3.55. The molecular formula is C27H39O6PS. The summed E-state index contributed by atoms with van der Waals surface area (Å²) in [7, 11) is -3.00. The molecule has 0 radical (unpaired) electrons. The van der Waals surface area contributed by atoms with Gasteiger partial charge in [-0.25, -0.2) is 4.57 Å². The molecule has 2 aromatic rings. The minimum atomic E-state index is -4.12. The van der Waals surface area contributed by atoms with Gasteiger partial charge in [0, 0.05) is 13.5 Å². The highest BCUT2D eigenvalue weighted by Crippen LogP contribution is 2.42. The molecule has 0 aromatic heterocycles. The molecule has 35 heavy (non-hydrogen) atoms. The Labute approximate surface area is 214 Å². The Balaban J connectivity index is 1.79. The van der Waals surface area contributed by atoms with Crippen molar-refractivity contribution in [3.63, 3.8) is 0 Å². The monoisotopic (exact) mass is 522 g/mol. The van der Waals surface area contributed by atoms with Crippen molar-refractivity contribution in [3.05, 3.63) is 60.2 Å². The van der Waals surface area contributed by atoms with E-state index in [1.165, 1.54) is 25.7 Å². The summed E-state index contributed by atoms with van der Waals surface area (Å²) in [6.45, 7) is 2.68. The number of rotatable bonds is 18. The summed E-state index contributed by atoms with van der Waals surface area (Å²) in [6.07, 6.45) is 8.50. The van der Waals surface area contributed by atoms with Crippen LogP contribution >= 0.6 is 19.6 Å². The highest BCUT2D eigenvalue weighted by Gasteiger charge is 2.23. The van der Waals surface area contributed by atoms with E-state index in [2.05, 4.69) is 35.7 Å². The smallest absolute Gasteiger partial charge is 0.376 e. The van der Waals surface area contributed by atoms with E-state index in [9.17, 15) is 14.3 Å². The number of hydrogen-bond acceptors (Lipinski definition) is 6. The molecule has 1 unspecified atom stereocenters. The van der Waals surface area contributed by atoms with Crippen molar-refractivity contribution in [1.82, 2.24) is 0 Å². The molecule has 194 valence electrons. The molecule has 0 aliphatic heterocycles. The number of phosphoric ester groups is 1. The molecule has 0 aliphatic rings. The van der Waals surface area contributed by atoms with Crippen molar-refractivity contribution < 1.29 is 28.0 Å². The van der Waals surface area contributed by atoms with Gasteiger partial charge in [0.1, 0.15) is 0 Å². The topological polar surface area (TPSA) is 82.1 Å². The Morgan fingerprint density at radius 1 is 0.914 bits per heavy atom. The fourth-order valence-corrected chi connectivity index (χ4v) is 5.06. The van der Waals surface area contributed by atoms with Crippen molar-refractivity contribution in [2.24, 2.45) is 0 Å². The van der Waals surface area contributed by atoms with Crippen molar-refractivity contribution in [2.75, 3.05) is 20.3 Å². The van der Waals surface area contributed by atoms with Crippen molar-refractivity contribution in [2.45, 2.75) is 70.1 Å². The van der Waals surface area contributed by atoms with Crippen LogP contribution in [0.5, 0.6) is 0 Å². The van der Waals surface area contributed by atoms with Crippen LogP contribution in [-0.2, 0) is 29.8 Å². The average Bonchev–Trinajstić information content (AvgIpc) is 2.87. The van der Waals surface area contributed by atoms with E-state index < -0.39 is 13.1 Å². The molecule has 2 atom stereocenters. The lowest BCUT2D eigenvalue weighted by atomic mass is 10.0. The van der Waals surface area contributed by atoms with Crippen LogP contribution in [0.25, 0.3) is 11.1 Å². The summed E-state index contributed by atoms with van der Waals surface area (Å²) >= 11 is 1.13. The molecule has 2 aromatic carbocycles. The summed E-state index contributed by atoms with van der Waals surface area (Å²) in [6, 6.07) is 18.3. The number of unbranched alkanes of at least 4 members (excludes halogenated alkanes) is 6. The second kappa shape index (κ2) is 17.1. The molecule has 1 N–H and O–H groups in total. The number of hydrogen-bond donors (Lipinski definition) is 1. The zero-order valence-electron chi connectivity index (χ0n) is 20.9. The van der Waals surface area contributed by atoms with Gasteiger partial charge >= 0.3 is 7.82 Å². The van der Waals surface area contributed by atoms with E-state index in [0.717, 1.165) is 54.8 Å². The largest absolute Gasteiger partial charge is 0.471 e. The third kappa shape index (κ3) is 12.9. The molecule has 0 heterocycles. The van der Waals surface area contributed by atoms with Crippen LogP contribution in [0.3, 0.4) is 0 Å². The highest BCUT2D eigenvalue weighted by molar-refractivity contribution is 8.14. The maximum Gasteiger partial charge on any atom is 0.471 e. The van der Waals surface area contributed by atoms with Gasteiger partial charge in [-0.3, -0.25) is 13.8 Å². The van der Waals surface area contributed by atoms with Crippen LogP contribution < -0.4 is 0 Å². The Morgan fingerprint density at radius 2 is 1.54 bits per heavy atom. The first kappa shape index (κ1) is 29.8. The Bertz CT molecular complexity index is 890. The van der Waals surface area contributed by atoms with Gasteiger partial charge in [0.15, 0.2) is 5.12 Å². The summed E-state index contributed by atoms with van der Waals surface area (Å²) in [5, 5.41) is -0.348. The average molecular weight is 523 g/mol. The van der Waals surface area contributed by atoms with Gasteiger partial charge in [0.2, 0.25) is 0 Å². The second-order valence-corrected chi connectivity index (χ2v) is 11.4. The first-order valence-corrected chi connectivity index (χ1v) is 14.8. The molecule has 6 nitrogen and oxygen atoms in total. The molecule has 2 rings (SSSR count). The zero-order valence-corrected chi connectivity index (χ0v) is 22.6. The van der Waals surface area contributed by atoms with E-state index in [0.29, 0.717) is 13.0 Å². The van der Waals surface area contributed by atoms with Gasteiger partial charge in [-0.2, -0.15) is 0 Å². The molecule has 0 saturated heterocycles. The van der Waals surface area contributed by atoms with Crippen molar-refractivity contribution in [1.29, 1.82) is 0 Å². The quantitative estimate of drug-likeness (QED) is 0.161. The molecule has 0 spiro atoms. The zero-order chi connectivity index (χ0) is 25.4. The lowest BCUT2D eigenvalue weighted by Crippen LogP contribution is -2.20. The minimum absolute atomic E-state index is 0.0492. The normalized spacial score (nSPS) is 13.9. The van der Waals surface area contributed by atoms with E-state index in [4.69, 9.17) is 9.26 Å². The molecule has 0 bridgehead atoms. The van der Waals surface area contributed by atoms with Gasteiger partial charge in [-0.1, -0.05) is 112 Å². The van der Waals surface area contributed by atoms with Gasteiger partial charge in [0.25, 0.3) is 0 Å². The number of benzene rings is 2. The standard InChI is InChI=1S/C27H39O6PS/c1-3-4-5-6-7-8-12-15-27(28)35-26(22-33-34(29,30)31-2)21-32-20-23-16-18-25(19-17-23)24-13-10-9-11-14-24/h9-11,13-14,16-19,26H,3-8,12,15,20-22H2,1-2H3,(H,29,30)/t26-/m0/s1. The van der Waals surface area contributed by atoms with Crippen LogP contribution in [0.4, 0.5) is 0 Å². The van der Waals surface area contributed by atoms with Crippen LogP contribution in [0, 0.1) is 0 Å². The van der Waals surface area contributed by atoms with Gasteiger partial charge < -0.3 is 9.63 Å². The van der Waals surface area contributed by atoms with Crippen molar-refractivity contribution >= 4 is 24.7 Å². The molecular weight excluding hydrogens is 483 g/mol. The number of carbonyl (C=O) groups excluding carboxylic acids is 1. The maximum atomic E-state index is 12.5. The molecule has 0 fully saturated rings. The third-order valence-electron chi connectivity index (χ3n) is 5.57. The Morgan fingerprint density at radius 3 is 2.20 bits per heavy atom. The number of thioether (sulfide) groups is 1. The minimum Gasteiger partial charge on any atom is -0.376 e. The van der Waals surface area contributed by atoms with Crippen LogP contribution in [0.2, 0.25) is 0 Å². The summed E-state index contributed by atoms with van der Waals surface area (Å²) in [4.78, 5) is 22.0. The number of carbonyl (C=O) groups is 1. The summed E-state index contributed by atoms with van der Waals surface area (Å²) in [5.74, 6) is 0. The first-order chi connectivity index (χ1) is 16.9. The molecule has 0 amide bonds. The lowest BCUT2D eigenvalue weighted by molar-refractivity contribution is -0.111. The Kier molecular flexibility index (Phi) is 14.5. The van der Waals surface area contributed by atoms with E-state index in [1.54, 1.807) is 0 Å². The second-order valence-electron chi connectivity index (χ2n) is 8.51. The highest BCUT2D eigenvalue weighted by atomic mass is 32.2. The fraction of sp³-hybridized carbons (Fsp3) is 0.519.